The van der Waals surface area contributed by atoms with Crippen molar-refractivity contribution in [3.63, 3.8) is 0 Å². The van der Waals surface area contributed by atoms with Crippen molar-refractivity contribution in [3.05, 3.63) is 48.0 Å². The molecule has 6 nitrogen and oxygen atoms in total. The van der Waals surface area contributed by atoms with Crippen molar-refractivity contribution in [2.75, 3.05) is 17.6 Å². The molecule has 1 saturated heterocycles. The number of carbonyl (C=O) groups is 2. The van der Waals surface area contributed by atoms with Gasteiger partial charge in [0.15, 0.2) is 0 Å². The van der Waals surface area contributed by atoms with E-state index < -0.39 is 6.04 Å². The number of thioether (sulfide) groups is 1. The molecule has 0 aromatic heterocycles. The van der Waals surface area contributed by atoms with Crippen LogP contribution in [-0.4, -0.2) is 36.2 Å². The molecule has 2 aliphatic rings. The van der Waals surface area contributed by atoms with E-state index in [1.165, 1.54) is 0 Å². The number of anilines is 1. The van der Waals surface area contributed by atoms with Crippen LogP contribution in [0.25, 0.3) is 11.1 Å². The highest BCUT2D eigenvalue weighted by atomic mass is 32.2. The van der Waals surface area contributed by atoms with Crippen LogP contribution in [0.1, 0.15) is 24.8 Å². The lowest BCUT2D eigenvalue weighted by Gasteiger charge is -2.23. The van der Waals surface area contributed by atoms with E-state index in [-0.39, 0.29) is 17.9 Å². The molecule has 2 aliphatic heterocycles. The maximum absolute atomic E-state index is 12.4. The number of fused-ring (bicyclic) bond motifs is 1. The molecule has 1 fully saturated rings. The minimum Gasteiger partial charge on any atom is -0.339 e. The Hall–Kier alpha value is -2.82. The maximum Gasteiger partial charge on any atom is 0.238 e. The predicted octanol–water partition coefficient (Wildman–Crippen LogP) is 3.09. The first-order valence-electron chi connectivity index (χ1n) is 10.2. The normalized spacial score (nSPS) is 19.2. The third kappa shape index (κ3) is 4.84. The van der Waals surface area contributed by atoms with Gasteiger partial charge < -0.3 is 16.0 Å². The van der Waals surface area contributed by atoms with Gasteiger partial charge in [-0.1, -0.05) is 36.8 Å². The molecule has 2 aromatic carbocycles. The number of piperidine rings is 1. The SMILES string of the molecule is N#C[C@H](Cc1ccc(-c2ccc3c(c2)SCC(=O)N3)cc1)NC(=O)[C@@H]1CCCCN1. The molecule has 0 unspecified atom stereocenters. The van der Waals surface area contributed by atoms with Crippen LogP contribution in [0.15, 0.2) is 47.4 Å². The minimum absolute atomic E-state index is 0.0306. The van der Waals surface area contributed by atoms with Gasteiger partial charge in [0.25, 0.3) is 0 Å². The molecule has 3 N–H and O–H groups in total. The number of hydrogen-bond donors (Lipinski definition) is 3. The van der Waals surface area contributed by atoms with E-state index in [2.05, 4.69) is 28.1 Å². The van der Waals surface area contributed by atoms with E-state index in [1.807, 2.05) is 36.4 Å². The summed E-state index contributed by atoms with van der Waals surface area (Å²) < 4.78 is 0. The third-order valence-corrected chi connectivity index (χ3v) is 6.50. The lowest BCUT2D eigenvalue weighted by atomic mass is 10.00. The molecule has 4 rings (SSSR count). The maximum atomic E-state index is 12.4. The summed E-state index contributed by atoms with van der Waals surface area (Å²) in [6, 6.07) is 15.5. The number of nitrogens with zero attached hydrogens (tertiary/aromatic N) is 1. The van der Waals surface area contributed by atoms with E-state index in [9.17, 15) is 14.9 Å². The molecule has 0 saturated carbocycles. The topological polar surface area (TPSA) is 94.0 Å². The molecule has 2 heterocycles. The lowest BCUT2D eigenvalue weighted by molar-refractivity contribution is -0.124. The highest BCUT2D eigenvalue weighted by molar-refractivity contribution is 8.00. The minimum atomic E-state index is -0.546. The molecule has 0 spiro atoms. The Kier molecular flexibility index (Phi) is 6.36. The lowest BCUT2D eigenvalue weighted by Crippen LogP contribution is -2.49. The predicted molar refractivity (Wildman–Crippen MR) is 118 cm³/mol. The van der Waals surface area contributed by atoms with Crippen molar-refractivity contribution in [2.45, 2.75) is 42.7 Å². The molecule has 0 radical (unpaired) electrons. The largest absolute Gasteiger partial charge is 0.339 e. The Morgan fingerprint density at radius 1 is 1.20 bits per heavy atom. The van der Waals surface area contributed by atoms with Gasteiger partial charge in [-0.3, -0.25) is 9.59 Å². The van der Waals surface area contributed by atoms with Gasteiger partial charge in [0.2, 0.25) is 11.8 Å². The van der Waals surface area contributed by atoms with E-state index in [4.69, 9.17) is 0 Å². The third-order valence-electron chi connectivity index (χ3n) is 5.44. The van der Waals surface area contributed by atoms with E-state index >= 15 is 0 Å². The van der Waals surface area contributed by atoms with Gasteiger partial charge in [-0.2, -0.15) is 5.26 Å². The van der Waals surface area contributed by atoms with Crippen molar-refractivity contribution >= 4 is 29.3 Å². The molecular formula is C23H24N4O2S. The molecule has 0 aliphatic carbocycles. The first kappa shape index (κ1) is 20.5. The van der Waals surface area contributed by atoms with Crippen molar-refractivity contribution in [2.24, 2.45) is 0 Å². The van der Waals surface area contributed by atoms with Gasteiger partial charge in [-0.25, -0.2) is 0 Å². The Morgan fingerprint density at radius 2 is 2.00 bits per heavy atom. The van der Waals surface area contributed by atoms with Gasteiger partial charge in [0.05, 0.1) is 23.6 Å². The Balaban J connectivity index is 1.40. The Morgan fingerprint density at radius 3 is 2.73 bits per heavy atom. The van der Waals surface area contributed by atoms with Crippen molar-refractivity contribution in [3.8, 4) is 17.2 Å². The van der Waals surface area contributed by atoms with Gasteiger partial charge in [0, 0.05) is 11.3 Å². The molecule has 30 heavy (non-hydrogen) atoms. The Bertz CT molecular complexity index is 978. The van der Waals surface area contributed by atoms with Crippen molar-refractivity contribution in [1.29, 1.82) is 5.26 Å². The average Bonchev–Trinajstić information content (AvgIpc) is 2.79. The summed E-state index contributed by atoms with van der Waals surface area (Å²) in [6.45, 7) is 0.852. The summed E-state index contributed by atoms with van der Waals surface area (Å²) >= 11 is 1.54. The van der Waals surface area contributed by atoms with E-state index in [1.54, 1.807) is 11.8 Å². The summed E-state index contributed by atoms with van der Waals surface area (Å²) in [6.07, 6.45) is 3.43. The van der Waals surface area contributed by atoms with Crippen LogP contribution in [0, 0.1) is 11.3 Å². The fourth-order valence-electron chi connectivity index (χ4n) is 3.80. The second-order valence-corrected chi connectivity index (χ2v) is 8.66. The van der Waals surface area contributed by atoms with Crippen LogP contribution in [-0.2, 0) is 16.0 Å². The van der Waals surface area contributed by atoms with Crippen LogP contribution in [0.5, 0.6) is 0 Å². The average molecular weight is 421 g/mol. The van der Waals surface area contributed by atoms with Crippen LogP contribution < -0.4 is 16.0 Å². The summed E-state index contributed by atoms with van der Waals surface area (Å²) in [4.78, 5) is 25.0. The van der Waals surface area contributed by atoms with E-state index in [0.717, 1.165) is 53.1 Å². The molecule has 7 heteroatoms. The van der Waals surface area contributed by atoms with Crippen LogP contribution in [0.2, 0.25) is 0 Å². The fraction of sp³-hybridized carbons (Fsp3) is 0.348. The zero-order valence-electron chi connectivity index (χ0n) is 16.6. The summed E-state index contributed by atoms with van der Waals surface area (Å²) in [5, 5.41) is 18.5. The fourth-order valence-corrected chi connectivity index (χ4v) is 4.64. The second-order valence-electron chi connectivity index (χ2n) is 7.64. The number of carbonyl (C=O) groups excluding carboxylic acids is 2. The monoisotopic (exact) mass is 420 g/mol. The number of benzene rings is 2. The highest BCUT2D eigenvalue weighted by Crippen LogP contribution is 2.35. The molecular weight excluding hydrogens is 396 g/mol. The molecule has 154 valence electrons. The zero-order chi connectivity index (χ0) is 20.9. The first-order valence-corrected chi connectivity index (χ1v) is 11.2. The number of amides is 2. The van der Waals surface area contributed by atoms with Crippen LogP contribution >= 0.6 is 11.8 Å². The molecule has 2 atom stereocenters. The summed E-state index contributed by atoms with van der Waals surface area (Å²) in [5.74, 6) is 0.382. The number of nitrogens with one attached hydrogen (secondary N) is 3. The molecule has 0 bridgehead atoms. The van der Waals surface area contributed by atoms with Crippen molar-refractivity contribution < 1.29 is 9.59 Å². The number of nitriles is 1. The zero-order valence-corrected chi connectivity index (χ0v) is 17.4. The molecule has 2 amide bonds. The second kappa shape index (κ2) is 9.33. The van der Waals surface area contributed by atoms with Crippen molar-refractivity contribution in [1.82, 2.24) is 10.6 Å². The van der Waals surface area contributed by atoms with Crippen LogP contribution in [0.4, 0.5) is 5.69 Å². The molecule has 2 aromatic rings. The first-order chi connectivity index (χ1) is 14.6. The summed E-state index contributed by atoms with van der Waals surface area (Å²) in [5.41, 5.74) is 4.01. The van der Waals surface area contributed by atoms with Gasteiger partial charge in [-0.05, 0) is 48.2 Å². The van der Waals surface area contributed by atoms with E-state index in [0.29, 0.717) is 12.2 Å². The van der Waals surface area contributed by atoms with Gasteiger partial charge >= 0.3 is 0 Å². The number of hydrogen-bond acceptors (Lipinski definition) is 5. The Labute approximate surface area is 180 Å². The number of rotatable bonds is 5. The van der Waals surface area contributed by atoms with Crippen LogP contribution in [0.3, 0.4) is 0 Å². The highest BCUT2D eigenvalue weighted by Gasteiger charge is 2.23. The quantitative estimate of drug-likeness (QED) is 0.691. The van der Waals surface area contributed by atoms with Gasteiger partial charge in [0.1, 0.15) is 6.04 Å². The summed E-state index contributed by atoms with van der Waals surface area (Å²) in [7, 11) is 0. The standard InChI is InChI=1S/C23H24N4O2S/c24-13-18(26-23(29)20-3-1-2-10-25-20)11-15-4-6-16(7-5-15)17-8-9-19-21(12-17)30-14-22(28)27-19/h4-9,12,18,20,25H,1-3,10-11,14H2,(H,26,29)(H,27,28)/t18-,20-/m0/s1. The smallest absolute Gasteiger partial charge is 0.238 e. The van der Waals surface area contributed by atoms with Gasteiger partial charge in [-0.15, -0.1) is 11.8 Å².